The monoisotopic (exact) mass is 289 g/mol. The van der Waals surface area contributed by atoms with Gasteiger partial charge in [-0.2, -0.15) is 13.2 Å². The molecule has 0 atom stereocenters. The van der Waals surface area contributed by atoms with Crippen LogP contribution < -0.4 is 0 Å². The third kappa shape index (κ3) is 3.17. The van der Waals surface area contributed by atoms with Crippen molar-refractivity contribution in [2.75, 3.05) is 0 Å². The number of rotatable bonds is 3. The molecule has 2 nitrogen and oxygen atoms in total. The molecule has 0 fully saturated rings. The highest BCUT2D eigenvalue weighted by Crippen LogP contribution is 2.33. The molecule has 19 heavy (non-hydrogen) atoms. The molecule has 0 spiro atoms. The molecular formula is C12H7F4NOS. The summed E-state index contributed by atoms with van der Waals surface area (Å²) in [6.45, 7) is 0. The van der Waals surface area contributed by atoms with E-state index in [9.17, 15) is 22.4 Å². The molecular weight excluding hydrogens is 282 g/mol. The highest BCUT2D eigenvalue weighted by atomic mass is 32.1. The summed E-state index contributed by atoms with van der Waals surface area (Å²) in [5.41, 5.74) is -1.79. The molecule has 0 aliphatic rings. The van der Waals surface area contributed by atoms with Crippen LogP contribution in [0, 0.1) is 5.82 Å². The Kier molecular flexibility index (Phi) is 3.66. The average Bonchev–Trinajstić information content (AvgIpc) is 2.80. The Labute approximate surface area is 109 Å². The van der Waals surface area contributed by atoms with Gasteiger partial charge in [-0.3, -0.25) is 4.79 Å². The van der Waals surface area contributed by atoms with Crippen molar-refractivity contribution in [2.45, 2.75) is 12.6 Å². The van der Waals surface area contributed by atoms with E-state index >= 15 is 0 Å². The maximum atomic E-state index is 13.0. The van der Waals surface area contributed by atoms with Gasteiger partial charge in [0.15, 0.2) is 5.78 Å². The molecule has 0 bridgehead atoms. The number of hydrogen-bond acceptors (Lipinski definition) is 3. The second-order valence-corrected chi connectivity index (χ2v) is 4.69. The van der Waals surface area contributed by atoms with Gasteiger partial charge in [-0.25, -0.2) is 9.37 Å². The number of carbonyl (C=O) groups is 1. The van der Waals surface area contributed by atoms with Crippen molar-refractivity contribution in [1.82, 2.24) is 4.98 Å². The lowest BCUT2D eigenvalue weighted by Gasteiger charge is -2.11. The van der Waals surface area contributed by atoms with Crippen LogP contribution in [-0.2, 0) is 12.6 Å². The van der Waals surface area contributed by atoms with Crippen LogP contribution in [0.2, 0.25) is 0 Å². The Bertz CT molecular complexity index is 592. The highest BCUT2D eigenvalue weighted by molar-refractivity contribution is 7.09. The third-order valence-corrected chi connectivity index (χ3v) is 3.16. The molecule has 0 radical (unpaired) electrons. The minimum atomic E-state index is -4.69. The van der Waals surface area contributed by atoms with E-state index in [0.29, 0.717) is 23.2 Å². The summed E-state index contributed by atoms with van der Waals surface area (Å²) in [7, 11) is 0. The number of aromatic nitrogens is 1. The number of hydrogen-bond donors (Lipinski definition) is 0. The first-order valence-corrected chi connectivity index (χ1v) is 6.04. The van der Waals surface area contributed by atoms with E-state index in [-0.39, 0.29) is 6.42 Å². The summed E-state index contributed by atoms with van der Waals surface area (Å²) in [4.78, 5) is 15.7. The van der Waals surface area contributed by atoms with E-state index in [4.69, 9.17) is 0 Å². The molecule has 7 heteroatoms. The second kappa shape index (κ2) is 5.08. The van der Waals surface area contributed by atoms with E-state index in [1.165, 1.54) is 6.20 Å². The molecule has 0 aliphatic heterocycles. The zero-order chi connectivity index (χ0) is 14.0. The first-order valence-electron chi connectivity index (χ1n) is 5.16. The Morgan fingerprint density at radius 2 is 2.05 bits per heavy atom. The molecule has 0 aliphatic carbocycles. The fourth-order valence-corrected chi connectivity index (χ4v) is 2.18. The summed E-state index contributed by atoms with van der Waals surface area (Å²) in [5.74, 6) is -1.68. The predicted octanol–water partition coefficient (Wildman–Crippen LogP) is 3.73. The minimum absolute atomic E-state index is 0.274. The Hall–Kier alpha value is -1.76. The zero-order valence-corrected chi connectivity index (χ0v) is 10.2. The average molecular weight is 289 g/mol. The molecule has 2 rings (SSSR count). The summed E-state index contributed by atoms with van der Waals surface area (Å²) in [5, 5.41) is 2.00. The van der Waals surface area contributed by atoms with Crippen LogP contribution in [0.1, 0.15) is 20.9 Å². The largest absolute Gasteiger partial charge is 0.417 e. The van der Waals surface area contributed by atoms with Crippen LogP contribution in [-0.4, -0.2) is 10.8 Å². The lowest BCUT2D eigenvalue weighted by Crippen LogP contribution is -2.15. The summed E-state index contributed by atoms with van der Waals surface area (Å²) < 4.78 is 51.2. The van der Waals surface area contributed by atoms with Gasteiger partial charge in [0.2, 0.25) is 0 Å². The highest BCUT2D eigenvalue weighted by Gasteiger charge is 2.35. The summed E-state index contributed by atoms with van der Waals surface area (Å²) in [6, 6.07) is 1.87. The summed E-state index contributed by atoms with van der Waals surface area (Å²) >= 11 is 1.16. The number of thiazole rings is 1. The standard InChI is InChI=1S/C12H7F4NOS/c13-7-1-2-9(12(14,15)16)8(5-7)10(18)6-11-17-3-4-19-11/h1-5H,6H2. The second-order valence-electron chi connectivity index (χ2n) is 3.71. The number of carbonyl (C=O) groups excluding carboxylic acids is 1. The quantitative estimate of drug-likeness (QED) is 0.636. The fourth-order valence-electron chi connectivity index (χ4n) is 1.57. The molecule has 0 N–H and O–H groups in total. The first-order chi connectivity index (χ1) is 8.88. The number of benzene rings is 1. The van der Waals surface area contributed by atoms with Gasteiger partial charge in [0.1, 0.15) is 10.8 Å². The maximum Gasteiger partial charge on any atom is 0.417 e. The van der Waals surface area contributed by atoms with Gasteiger partial charge in [0.25, 0.3) is 0 Å². The van der Waals surface area contributed by atoms with Crippen molar-refractivity contribution in [2.24, 2.45) is 0 Å². The van der Waals surface area contributed by atoms with Gasteiger partial charge < -0.3 is 0 Å². The lowest BCUT2D eigenvalue weighted by molar-refractivity contribution is -0.137. The van der Waals surface area contributed by atoms with Crippen molar-refractivity contribution in [3.05, 3.63) is 51.7 Å². The van der Waals surface area contributed by atoms with Gasteiger partial charge in [-0.1, -0.05) is 0 Å². The third-order valence-electron chi connectivity index (χ3n) is 2.38. The van der Waals surface area contributed by atoms with E-state index in [1.54, 1.807) is 5.38 Å². The van der Waals surface area contributed by atoms with E-state index in [0.717, 1.165) is 11.3 Å². The number of Topliss-reactive ketones (excluding diaryl/α,β-unsaturated/α-hetero) is 1. The molecule has 2 aromatic rings. The Morgan fingerprint density at radius 1 is 1.32 bits per heavy atom. The lowest BCUT2D eigenvalue weighted by atomic mass is 10.0. The van der Waals surface area contributed by atoms with Gasteiger partial charge in [-0.05, 0) is 18.2 Å². The first kappa shape index (κ1) is 13.7. The number of nitrogens with zero attached hydrogens (tertiary/aromatic N) is 1. The van der Waals surface area contributed by atoms with Gasteiger partial charge >= 0.3 is 6.18 Å². The van der Waals surface area contributed by atoms with Crippen LogP contribution in [0.25, 0.3) is 0 Å². The topological polar surface area (TPSA) is 30.0 Å². The maximum absolute atomic E-state index is 13.0. The number of halogens is 4. The molecule has 0 saturated carbocycles. The molecule has 0 unspecified atom stereocenters. The Morgan fingerprint density at radius 3 is 2.63 bits per heavy atom. The van der Waals surface area contributed by atoms with Crippen molar-refractivity contribution < 1.29 is 22.4 Å². The normalized spacial score (nSPS) is 11.6. The molecule has 100 valence electrons. The zero-order valence-electron chi connectivity index (χ0n) is 9.37. The van der Waals surface area contributed by atoms with Crippen molar-refractivity contribution in [3.63, 3.8) is 0 Å². The molecule has 0 amide bonds. The van der Waals surface area contributed by atoms with Crippen molar-refractivity contribution in [3.8, 4) is 0 Å². The van der Waals surface area contributed by atoms with E-state index in [1.807, 2.05) is 0 Å². The van der Waals surface area contributed by atoms with Gasteiger partial charge in [-0.15, -0.1) is 11.3 Å². The molecule has 1 aromatic carbocycles. The minimum Gasteiger partial charge on any atom is -0.294 e. The van der Waals surface area contributed by atoms with Crippen LogP contribution >= 0.6 is 11.3 Å². The smallest absolute Gasteiger partial charge is 0.294 e. The van der Waals surface area contributed by atoms with Crippen molar-refractivity contribution in [1.29, 1.82) is 0 Å². The van der Waals surface area contributed by atoms with Crippen molar-refractivity contribution >= 4 is 17.1 Å². The van der Waals surface area contributed by atoms with Gasteiger partial charge in [0, 0.05) is 17.1 Å². The number of alkyl halides is 3. The van der Waals surface area contributed by atoms with Crippen LogP contribution in [0.3, 0.4) is 0 Å². The van der Waals surface area contributed by atoms with E-state index in [2.05, 4.69) is 4.98 Å². The van der Waals surface area contributed by atoms with Crippen LogP contribution in [0.15, 0.2) is 29.8 Å². The van der Waals surface area contributed by atoms with E-state index < -0.39 is 28.9 Å². The molecule has 1 heterocycles. The fraction of sp³-hybridized carbons (Fsp3) is 0.167. The Balaban J connectivity index is 2.37. The SMILES string of the molecule is O=C(Cc1nccs1)c1cc(F)ccc1C(F)(F)F. The van der Waals surface area contributed by atoms with Crippen LogP contribution in [0.4, 0.5) is 17.6 Å². The predicted molar refractivity (Wildman–Crippen MR) is 61.6 cm³/mol. The molecule has 1 aromatic heterocycles. The number of ketones is 1. The van der Waals surface area contributed by atoms with Gasteiger partial charge in [0.05, 0.1) is 12.0 Å². The molecule has 0 saturated heterocycles. The van der Waals surface area contributed by atoms with Crippen LogP contribution in [0.5, 0.6) is 0 Å². The summed E-state index contributed by atoms with van der Waals surface area (Å²) in [6.07, 6.45) is -3.52.